The maximum absolute atomic E-state index is 10.7. The molecule has 2 rings (SSSR count). The molecule has 0 radical (unpaired) electrons. The van der Waals surface area contributed by atoms with Crippen molar-refractivity contribution in [3.63, 3.8) is 0 Å². The van der Waals surface area contributed by atoms with Gasteiger partial charge in [0.25, 0.3) is 0 Å². The van der Waals surface area contributed by atoms with Crippen molar-refractivity contribution in [1.29, 1.82) is 0 Å². The van der Waals surface area contributed by atoms with E-state index in [0.717, 1.165) is 5.56 Å². The van der Waals surface area contributed by atoms with Crippen molar-refractivity contribution in [2.24, 2.45) is 0 Å². The largest absolute Gasteiger partial charge is 0.544 e. The van der Waals surface area contributed by atoms with Crippen molar-refractivity contribution in [3.8, 4) is 11.5 Å². The van der Waals surface area contributed by atoms with Crippen molar-refractivity contribution < 1.29 is 25.1 Å². The van der Waals surface area contributed by atoms with Crippen LogP contribution in [0.15, 0.2) is 18.2 Å². The Morgan fingerprint density at radius 3 is 2.94 bits per heavy atom. The predicted octanol–water partition coefficient (Wildman–Crippen LogP) is -1.17. The van der Waals surface area contributed by atoms with E-state index < -0.39 is 12.0 Å². The minimum atomic E-state index is -1.04. The first-order chi connectivity index (χ1) is 8.11. The van der Waals surface area contributed by atoms with Crippen LogP contribution in [0, 0.1) is 0 Å². The Morgan fingerprint density at radius 1 is 1.65 bits per heavy atom. The number of carbonyl (C=O) groups excluding carboxylic acids is 1. The second-order valence-electron chi connectivity index (χ2n) is 3.80. The van der Waals surface area contributed by atoms with Crippen LogP contribution in [0.1, 0.15) is 10.9 Å². The molecule has 1 aromatic rings. The Kier molecular flexibility index (Phi) is 3.44. The molecule has 6 heteroatoms. The Labute approximate surface area is 103 Å². The van der Waals surface area contributed by atoms with Crippen LogP contribution >= 0.6 is 11.8 Å². The van der Waals surface area contributed by atoms with Crippen LogP contribution in [-0.4, -0.2) is 30.0 Å². The van der Waals surface area contributed by atoms with Gasteiger partial charge in [0.1, 0.15) is 12.0 Å². The molecule has 92 valence electrons. The van der Waals surface area contributed by atoms with Gasteiger partial charge in [0.15, 0.2) is 16.9 Å². The topological polar surface area (TPSA) is 86.2 Å². The summed E-state index contributed by atoms with van der Waals surface area (Å²) in [6.07, 6.45) is 0. The standard InChI is InChI=1S/C11H13NO4S/c1-16-9-3-2-6(4-8(9)13)10-12-7(5-17-10)11(14)15/h2-4,7,10,12-13H,5H2,1H3,(H,14,15)/t7-,10+/m1/s1. The molecule has 0 bridgehead atoms. The first-order valence-electron chi connectivity index (χ1n) is 5.16. The summed E-state index contributed by atoms with van der Waals surface area (Å²) in [6, 6.07) is 4.58. The van der Waals surface area contributed by atoms with E-state index in [1.54, 1.807) is 17.4 Å². The highest BCUT2D eigenvalue weighted by Gasteiger charge is 2.31. The zero-order valence-electron chi connectivity index (χ0n) is 9.25. The second kappa shape index (κ2) is 4.85. The number of aliphatic carboxylic acids is 1. The number of carbonyl (C=O) groups is 1. The van der Waals surface area contributed by atoms with Gasteiger partial charge in [-0.05, 0) is 18.2 Å². The summed E-state index contributed by atoms with van der Waals surface area (Å²) in [4.78, 5) is 10.7. The van der Waals surface area contributed by atoms with E-state index in [2.05, 4.69) is 0 Å². The lowest BCUT2D eigenvalue weighted by molar-refractivity contribution is -0.690. The number of thioether (sulfide) groups is 1. The molecule has 0 spiro atoms. The van der Waals surface area contributed by atoms with Crippen LogP contribution in [-0.2, 0) is 4.79 Å². The van der Waals surface area contributed by atoms with Gasteiger partial charge in [-0.15, -0.1) is 0 Å². The second-order valence-corrected chi connectivity index (χ2v) is 4.98. The quantitative estimate of drug-likeness (QED) is 0.710. The number of quaternary nitrogens is 1. The molecule has 3 N–H and O–H groups in total. The van der Waals surface area contributed by atoms with Crippen molar-refractivity contribution in [2.45, 2.75) is 11.4 Å². The molecule has 1 heterocycles. The first-order valence-corrected chi connectivity index (χ1v) is 6.21. The lowest BCUT2D eigenvalue weighted by Crippen LogP contribution is -2.90. The van der Waals surface area contributed by atoms with E-state index in [-0.39, 0.29) is 11.1 Å². The van der Waals surface area contributed by atoms with Crippen LogP contribution in [0.5, 0.6) is 11.5 Å². The number of rotatable bonds is 3. The highest BCUT2D eigenvalue weighted by atomic mass is 32.2. The summed E-state index contributed by atoms with van der Waals surface area (Å²) in [5, 5.41) is 22.1. The zero-order chi connectivity index (χ0) is 12.4. The molecule has 5 nitrogen and oxygen atoms in total. The highest BCUT2D eigenvalue weighted by molar-refractivity contribution is 7.99. The highest BCUT2D eigenvalue weighted by Crippen LogP contribution is 2.33. The van der Waals surface area contributed by atoms with E-state index in [4.69, 9.17) is 4.74 Å². The Bertz CT molecular complexity index is 437. The van der Waals surface area contributed by atoms with Gasteiger partial charge >= 0.3 is 0 Å². The molecule has 1 aliphatic heterocycles. The SMILES string of the molecule is COc1ccc([C@H]2[NH2+][C@@H](C(=O)[O-])CS2)cc1O. The molecule has 0 aromatic heterocycles. The number of phenolic OH excluding ortho intramolecular Hbond substituents is 1. The summed E-state index contributed by atoms with van der Waals surface area (Å²) >= 11 is 1.53. The monoisotopic (exact) mass is 255 g/mol. The van der Waals surface area contributed by atoms with Crippen LogP contribution in [0.2, 0.25) is 0 Å². The summed E-state index contributed by atoms with van der Waals surface area (Å²) in [6.45, 7) is 0. The van der Waals surface area contributed by atoms with Gasteiger partial charge in [-0.3, -0.25) is 0 Å². The Balaban J connectivity index is 2.14. The van der Waals surface area contributed by atoms with E-state index in [1.807, 2.05) is 6.07 Å². The van der Waals surface area contributed by atoms with E-state index in [0.29, 0.717) is 11.5 Å². The number of nitrogens with two attached hydrogens (primary N) is 1. The van der Waals surface area contributed by atoms with Crippen LogP contribution in [0.4, 0.5) is 0 Å². The molecule has 1 saturated heterocycles. The minimum absolute atomic E-state index is 0.0188. The summed E-state index contributed by atoms with van der Waals surface area (Å²) in [5.74, 6) is -0.0541. The number of ether oxygens (including phenoxy) is 1. The molecule has 17 heavy (non-hydrogen) atoms. The molecule has 0 amide bonds. The van der Waals surface area contributed by atoms with E-state index >= 15 is 0 Å². The summed E-state index contributed by atoms with van der Waals surface area (Å²) in [5.41, 5.74) is 0.872. The Hall–Kier alpha value is -1.40. The van der Waals surface area contributed by atoms with Gasteiger partial charge in [0.2, 0.25) is 0 Å². The first kappa shape index (κ1) is 12.1. The molecule has 2 atom stereocenters. The maximum atomic E-state index is 10.7. The third-order valence-corrected chi connectivity index (χ3v) is 4.04. The fraction of sp³-hybridized carbons (Fsp3) is 0.364. The zero-order valence-corrected chi connectivity index (χ0v) is 10.1. The summed E-state index contributed by atoms with van der Waals surface area (Å²) in [7, 11) is 1.48. The van der Waals surface area contributed by atoms with Gasteiger partial charge in [-0.25, -0.2) is 0 Å². The number of hydrogen-bond donors (Lipinski definition) is 2. The lowest BCUT2D eigenvalue weighted by atomic mass is 10.2. The fourth-order valence-corrected chi connectivity index (χ4v) is 3.07. The van der Waals surface area contributed by atoms with Crippen molar-refractivity contribution in [1.82, 2.24) is 0 Å². The van der Waals surface area contributed by atoms with E-state index in [9.17, 15) is 15.0 Å². The normalized spacial score (nSPS) is 23.6. The molecule has 0 saturated carbocycles. The average molecular weight is 255 g/mol. The number of carboxylic acid groups (broad SMARTS) is 1. The number of phenols is 1. The summed E-state index contributed by atoms with van der Waals surface area (Å²) < 4.78 is 4.95. The van der Waals surface area contributed by atoms with Gasteiger partial charge in [0.05, 0.1) is 12.9 Å². The molecule has 0 aliphatic carbocycles. The third kappa shape index (κ3) is 2.48. The molecule has 1 aliphatic rings. The number of benzene rings is 1. The lowest BCUT2D eigenvalue weighted by Gasteiger charge is -2.12. The molecule has 0 unspecified atom stereocenters. The minimum Gasteiger partial charge on any atom is -0.544 e. The van der Waals surface area contributed by atoms with E-state index in [1.165, 1.54) is 18.9 Å². The number of aromatic hydroxyl groups is 1. The van der Waals surface area contributed by atoms with Crippen molar-refractivity contribution in [3.05, 3.63) is 23.8 Å². The van der Waals surface area contributed by atoms with Crippen LogP contribution in [0.25, 0.3) is 0 Å². The van der Waals surface area contributed by atoms with Gasteiger partial charge in [0, 0.05) is 5.56 Å². The Morgan fingerprint density at radius 2 is 2.41 bits per heavy atom. The molecule has 1 fully saturated rings. The molecular formula is C11H13NO4S. The number of carboxylic acids is 1. The number of methoxy groups -OCH3 is 1. The van der Waals surface area contributed by atoms with Crippen LogP contribution < -0.4 is 15.2 Å². The maximum Gasteiger partial charge on any atom is 0.160 e. The van der Waals surface area contributed by atoms with Gasteiger partial charge in [-0.1, -0.05) is 11.8 Å². The average Bonchev–Trinajstić information content (AvgIpc) is 2.78. The third-order valence-electron chi connectivity index (χ3n) is 2.70. The smallest absolute Gasteiger partial charge is 0.160 e. The van der Waals surface area contributed by atoms with Crippen LogP contribution in [0.3, 0.4) is 0 Å². The van der Waals surface area contributed by atoms with Crippen molar-refractivity contribution in [2.75, 3.05) is 12.9 Å². The van der Waals surface area contributed by atoms with Gasteiger partial charge < -0.3 is 25.1 Å². The number of hydrogen-bond acceptors (Lipinski definition) is 5. The predicted molar refractivity (Wildman–Crippen MR) is 60.6 cm³/mol. The fourth-order valence-electron chi connectivity index (χ4n) is 1.77. The molecular weight excluding hydrogens is 242 g/mol. The molecule has 1 aromatic carbocycles. The van der Waals surface area contributed by atoms with Crippen molar-refractivity contribution >= 4 is 17.7 Å². The van der Waals surface area contributed by atoms with Gasteiger partial charge in [-0.2, -0.15) is 0 Å².